The third kappa shape index (κ3) is 2.61. The van der Waals surface area contributed by atoms with Crippen LogP contribution in [0, 0.1) is 0 Å². The first-order valence-electron chi connectivity index (χ1n) is 5.60. The molecule has 1 aliphatic heterocycles. The molecule has 90 valence electrons. The maximum absolute atomic E-state index is 11.7. The number of carboxylic acids is 1. The van der Waals surface area contributed by atoms with Gasteiger partial charge in [-0.1, -0.05) is 6.07 Å². The molecule has 0 saturated carbocycles. The van der Waals surface area contributed by atoms with Crippen LogP contribution in [0.1, 0.15) is 25.0 Å². The summed E-state index contributed by atoms with van der Waals surface area (Å²) in [5.41, 5.74) is 0.717. The number of aromatic nitrogens is 1. The predicted molar refractivity (Wildman–Crippen MR) is 60.1 cm³/mol. The Balaban J connectivity index is 2.15. The van der Waals surface area contributed by atoms with Gasteiger partial charge in [-0.25, -0.2) is 4.79 Å². The van der Waals surface area contributed by atoms with Gasteiger partial charge in [0.15, 0.2) is 0 Å². The average molecular weight is 234 g/mol. The summed E-state index contributed by atoms with van der Waals surface area (Å²) < 4.78 is 0. The molecule has 1 N–H and O–H groups in total. The molecule has 5 nitrogen and oxygen atoms in total. The average Bonchev–Trinajstić information content (AvgIpc) is 2.33. The van der Waals surface area contributed by atoms with Gasteiger partial charge in [0.1, 0.15) is 6.04 Å². The Kier molecular flexibility index (Phi) is 3.37. The first-order valence-corrected chi connectivity index (χ1v) is 5.60. The second-order valence-corrected chi connectivity index (χ2v) is 4.09. The van der Waals surface area contributed by atoms with Crippen LogP contribution in [-0.2, 0) is 16.1 Å². The highest BCUT2D eigenvalue weighted by Gasteiger charge is 2.33. The van der Waals surface area contributed by atoms with Crippen molar-refractivity contribution in [3.63, 3.8) is 0 Å². The van der Waals surface area contributed by atoms with E-state index in [1.165, 1.54) is 4.90 Å². The topological polar surface area (TPSA) is 70.5 Å². The molecule has 0 spiro atoms. The van der Waals surface area contributed by atoms with Crippen molar-refractivity contribution in [1.82, 2.24) is 9.88 Å². The number of pyridine rings is 1. The predicted octanol–water partition coefficient (Wildman–Crippen LogP) is 1.05. The molecule has 1 aromatic rings. The third-order valence-corrected chi connectivity index (χ3v) is 2.91. The van der Waals surface area contributed by atoms with Crippen molar-refractivity contribution < 1.29 is 14.7 Å². The number of hydrogen-bond donors (Lipinski definition) is 1. The molecular formula is C12H14N2O3. The highest BCUT2D eigenvalue weighted by atomic mass is 16.4. The third-order valence-electron chi connectivity index (χ3n) is 2.91. The van der Waals surface area contributed by atoms with Gasteiger partial charge in [-0.05, 0) is 25.0 Å². The van der Waals surface area contributed by atoms with Crippen molar-refractivity contribution in [2.75, 3.05) is 0 Å². The lowest BCUT2D eigenvalue weighted by Gasteiger charge is -2.32. The van der Waals surface area contributed by atoms with Gasteiger partial charge in [0, 0.05) is 12.6 Å². The molecule has 5 heteroatoms. The zero-order valence-electron chi connectivity index (χ0n) is 9.37. The van der Waals surface area contributed by atoms with Gasteiger partial charge in [-0.2, -0.15) is 0 Å². The van der Waals surface area contributed by atoms with E-state index in [-0.39, 0.29) is 12.5 Å². The lowest BCUT2D eigenvalue weighted by Crippen LogP contribution is -2.47. The van der Waals surface area contributed by atoms with Gasteiger partial charge in [0.25, 0.3) is 0 Å². The number of aliphatic carboxylic acids is 1. The molecule has 1 atom stereocenters. The van der Waals surface area contributed by atoms with Gasteiger partial charge < -0.3 is 10.0 Å². The van der Waals surface area contributed by atoms with Crippen molar-refractivity contribution in [2.45, 2.75) is 31.8 Å². The van der Waals surface area contributed by atoms with E-state index in [0.29, 0.717) is 25.0 Å². The molecule has 1 unspecified atom stereocenters. The highest BCUT2D eigenvalue weighted by Crippen LogP contribution is 2.20. The minimum Gasteiger partial charge on any atom is -0.480 e. The summed E-state index contributed by atoms with van der Waals surface area (Å²) in [5, 5.41) is 9.09. The van der Waals surface area contributed by atoms with Crippen molar-refractivity contribution in [3.8, 4) is 0 Å². The SMILES string of the molecule is O=C(O)C1CCCC(=O)N1Cc1ccccn1. The zero-order chi connectivity index (χ0) is 12.3. The smallest absolute Gasteiger partial charge is 0.326 e. The Labute approximate surface area is 99.1 Å². The number of carbonyl (C=O) groups is 2. The molecule has 0 bridgehead atoms. The maximum atomic E-state index is 11.7. The van der Waals surface area contributed by atoms with E-state index >= 15 is 0 Å². The fourth-order valence-electron chi connectivity index (χ4n) is 2.04. The van der Waals surface area contributed by atoms with Crippen molar-refractivity contribution in [1.29, 1.82) is 0 Å². The molecule has 1 saturated heterocycles. The fraction of sp³-hybridized carbons (Fsp3) is 0.417. The summed E-state index contributed by atoms with van der Waals surface area (Å²) in [5.74, 6) is -1.04. The van der Waals surface area contributed by atoms with Crippen LogP contribution in [0.4, 0.5) is 0 Å². The Bertz CT molecular complexity index is 419. The Morgan fingerprint density at radius 1 is 1.53 bits per heavy atom. The number of rotatable bonds is 3. The maximum Gasteiger partial charge on any atom is 0.326 e. The minimum atomic E-state index is -0.936. The van der Waals surface area contributed by atoms with Crippen molar-refractivity contribution >= 4 is 11.9 Å². The summed E-state index contributed by atoms with van der Waals surface area (Å²) in [6, 6.07) is 4.70. The Morgan fingerprint density at radius 3 is 3.00 bits per heavy atom. The van der Waals surface area contributed by atoms with Crippen LogP contribution in [0.3, 0.4) is 0 Å². The van der Waals surface area contributed by atoms with Crippen molar-refractivity contribution in [2.24, 2.45) is 0 Å². The number of piperidine rings is 1. The van der Waals surface area contributed by atoms with Crippen LogP contribution in [-0.4, -0.2) is 32.9 Å². The lowest BCUT2D eigenvalue weighted by atomic mass is 10.0. The van der Waals surface area contributed by atoms with E-state index in [0.717, 1.165) is 0 Å². The van der Waals surface area contributed by atoms with Gasteiger partial charge in [0.2, 0.25) is 5.91 Å². The van der Waals surface area contributed by atoms with Crippen LogP contribution in [0.25, 0.3) is 0 Å². The van der Waals surface area contributed by atoms with Gasteiger partial charge in [0.05, 0.1) is 12.2 Å². The second-order valence-electron chi connectivity index (χ2n) is 4.09. The molecule has 2 heterocycles. The summed E-state index contributed by atoms with van der Waals surface area (Å²) in [7, 11) is 0. The molecule has 1 fully saturated rings. The Morgan fingerprint density at radius 2 is 2.35 bits per heavy atom. The second kappa shape index (κ2) is 4.95. The number of carboxylic acid groups (broad SMARTS) is 1. The lowest BCUT2D eigenvalue weighted by molar-refractivity contribution is -0.153. The standard InChI is InChI=1S/C12H14N2O3/c15-11-6-3-5-10(12(16)17)14(11)8-9-4-1-2-7-13-9/h1-2,4,7,10H,3,5-6,8H2,(H,16,17). The molecule has 1 amide bonds. The van der Waals surface area contributed by atoms with Crippen LogP contribution in [0.5, 0.6) is 0 Å². The van der Waals surface area contributed by atoms with Gasteiger partial charge >= 0.3 is 5.97 Å². The number of amides is 1. The molecule has 17 heavy (non-hydrogen) atoms. The molecular weight excluding hydrogens is 220 g/mol. The van der Waals surface area contributed by atoms with Gasteiger partial charge in [-0.15, -0.1) is 0 Å². The van der Waals surface area contributed by atoms with E-state index in [4.69, 9.17) is 5.11 Å². The highest BCUT2D eigenvalue weighted by molar-refractivity contribution is 5.84. The van der Waals surface area contributed by atoms with E-state index in [9.17, 15) is 9.59 Å². The number of nitrogens with zero attached hydrogens (tertiary/aromatic N) is 2. The number of hydrogen-bond acceptors (Lipinski definition) is 3. The zero-order valence-corrected chi connectivity index (χ0v) is 9.37. The van der Waals surface area contributed by atoms with Crippen LogP contribution in [0.15, 0.2) is 24.4 Å². The van der Waals surface area contributed by atoms with E-state index < -0.39 is 12.0 Å². The minimum absolute atomic E-state index is 0.102. The monoisotopic (exact) mass is 234 g/mol. The first kappa shape index (κ1) is 11.6. The summed E-state index contributed by atoms with van der Waals surface area (Å²) in [6.45, 7) is 0.274. The molecule has 0 aromatic carbocycles. The number of carbonyl (C=O) groups excluding carboxylic acids is 1. The van der Waals surface area contributed by atoms with Gasteiger partial charge in [-0.3, -0.25) is 9.78 Å². The van der Waals surface area contributed by atoms with E-state index in [2.05, 4.69) is 4.98 Å². The van der Waals surface area contributed by atoms with Crippen LogP contribution in [0.2, 0.25) is 0 Å². The Hall–Kier alpha value is -1.91. The summed E-state index contributed by atoms with van der Waals surface area (Å²) >= 11 is 0. The van der Waals surface area contributed by atoms with Crippen LogP contribution < -0.4 is 0 Å². The normalized spacial score (nSPS) is 20.4. The largest absolute Gasteiger partial charge is 0.480 e. The summed E-state index contributed by atoms with van der Waals surface area (Å²) in [4.78, 5) is 28.4. The first-order chi connectivity index (χ1) is 8.18. The fourth-order valence-corrected chi connectivity index (χ4v) is 2.04. The molecule has 1 aromatic heterocycles. The number of likely N-dealkylation sites (tertiary alicyclic amines) is 1. The molecule has 2 rings (SSSR count). The molecule has 1 aliphatic rings. The molecule has 0 radical (unpaired) electrons. The van der Waals surface area contributed by atoms with E-state index in [1.807, 2.05) is 6.07 Å². The quantitative estimate of drug-likeness (QED) is 0.848. The van der Waals surface area contributed by atoms with Crippen molar-refractivity contribution in [3.05, 3.63) is 30.1 Å². The summed E-state index contributed by atoms with van der Waals surface area (Å²) in [6.07, 6.45) is 3.23. The van der Waals surface area contributed by atoms with Crippen LogP contribution >= 0.6 is 0 Å². The van der Waals surface area contributed by atoms with E-state index in [1.54, 1.807) is 18.3 Å². The molecule has 0 aliphatic carbocycles.